The molecule has 1 aliphatic heterocycles. The Balaban J connectivity index is 2.11. The second-order valence-corrected chi connectivity index (χ2v) is 5.79. The normalized spacial score (nSPS) is 17.2. The Hall–Kier alpha value is -2.04. The number of hydrogen-bond acceptors (Lipinski definition) is 6. The molecule has 0 aliphatic carbocycles. The molecule has 1 aromatic heterocycles. The van der Waals surface area contributed by atoms with Crippen LogP contribution in [0.3, 0.4) is 0 Å². The zero-order valence-corrected chi connectivity index (χ0v) is 12.5. The number of rotatable bonds is 6. The fourth-order valence-corrected chi connectivity index (χ4v) is 3.07. The molecule has 1 saturated heterocycles. The summed E-state index contributed by atoms with van der Waals surface area (Å²) in [6, 6.07) is 2.06. The van der Waals surface area contributed by atoms with Gasteiger partial charge in [-0.3, -0.25) is 4.79 Å². The maximum absolute atomic E-state index is 12.0. The Morgan fingerprint density at radius 1 is 1.67 bits per heavy atom. The van der Waals surface area contributed by atoms with Gasteiger partial charge in [0.1, 0.15) is 21.5 Å². The highest BCUT2D eigenvalue weighted by Crippen LogP contribution is 2.35. The quantitative estimate of drug-likeness (QED) is 0.693. The van der Waals surface area contributed by atoms with E-state index in [0.717, 1.165) is 19.6 Å². The van der Waals surface area contributed by atoms with Gasteiger partial charge in [0.25, 0.3) is 5.91 Å². The van der Waals surface area contributed by atoms with Gasteiger partial charge in [-0.25, -0.2) is 0 Å². The summed E-state index contributed by atoms with van der Waals surface area (Å²) < 4.78 is 5.31. The predicted octanol–water partition coefficient (Wildman–Crippen LogP) is 1.57. The van der Waals surface area contributed by atoms with E-state index >= 15 is 0 Å². The monoisotopic (exact) mass is 306 g/mol. The molecule has 2 heterocycles. The van der Waals surface area contributed by atoms with E-state index in [4.69, 9.17) is 10.5 Å². The molecule has 112 valence electrons. The first-order chi connectivity index (χ1) is 10.2. The molecule has 4 N–H and O–H groups in total. The second-order valence-electron chi connectivity index (χ2n) is 4.77. The van der Waals surface area contributed by atoms with Crippen molar-refractivity contribution in [2.24, 2.45) is 5.92 Å². The molecule has 1 unspecified atom stereocenters. The first kappa shape index (κ1) is 15.4. The molecule has 0 spiro atoms. The summed E-state index contributed by atoms with van der Waals surface area (Å²) in [5, 5.41) is 15.8. The Morgan fingerprint density at radius 2 is 2.48 bits per heavy atom. The Morgan fingerprint density at radius 3 is 3.10 bits per heavy atom. The number of nitrogens with one attached hydrogen (secondary N) is 2. The fourth-order valence-electron chi connectivity index (χ4n) is 2.07. The number of nitrogens with zero attached hydrogens (tertiary/aromatic N) is 1. The molecule has 1 amide bonds. The second kappa shape index (κ2) is 7.11. The summed E-state index contributed by atoms with van der Waals surface area (Å²) in [5.41, 5.74) is 6.47. The van der Waals surface area contributed by atoms with Gasteiger partial charge in [0, 0.05) is 25.6 Å². The van der Waals surface area contributed by atoms with E-state index in [0.29, 0.717) is 34.4 Å². The van der Waals surface area contributed by atoms with Crippen LogP contribution in [0.1, 0.15) is 21.7 Å². The lowest BCUT2D eigenvalue weighted by Gasteiger charge is -2.08. The van der Waals surface area contributed by atoms with Crippen molar-refractivity contribution >= 4 is 27.9 Å². The van der Waals surface area contributed by atoms with Crippen molar-refractivity contribution in [3.63, 3.8) is 0 Å². The minimum atomic E-state index is -0.286. The van der Waals surface area contributed by atoms with Crippen LogP contribution in [0.25, 0.3) is 0 Å². The van der Waals surface area contributed by atoms with E-state index in [-0.39, 0.29) is 11.6 Å². The highest BCUT2D eigenvalue weighted by atomic mass is 32.1. The van der Waals surface area contributed by atoms with E-state index in [2.05, 4.69) is 23.3 Å². The standard InChI is InChI=1S/C14H18N4O2S/c1-2-4-17-13(19)12-11(16)10(6-15)14(21-12)18-7-9-3-5-20-8-9/h2,9,18H,1,3-5,7-8,16H2,(H,17,19). The van der Waals surface area contributed by atoms with Gasteiger partial charge in [-0.1, -0.05) is 6.08 Å². The predicted molar refractivity (Wildman–Crippen MR) is 83.4 cm³/mol. The number of ether oxygens (including phenoxy) is 1. The van der Waals surface area contributed by atoms with Crippen LogP contribution in [0.15, 0.2) is 12.7 Å². The lowest BCUT2D eigenvalue weighted by Crippen LogP contribution is -2.23. The van der Waals surface area contributed by atoms with Gasteiger partial charge in [-0.05, 0) is 6.42 Å². The van der Waals surface area contributed by atoms with Crippen molar-refractivity contribution in [1.29, 1.82) is 5.26 Å². The molecule has 6 nitrogen and oxygen atoms in total. The van der Waals surface area contributed by atoms with Crippen LogP contribution in [0.2, 0.25) is 0 Å². The zero-order chi connectivity index (χ0) is 15.2. The molecule has 0 bridgehead atoms. The van der Waals surface area contributed by atoms with E-state index in [1.54, 1.807) is 6.08 Å². The van der Waals surface area contributed by atoms with Crippen molar-refractivity contribution < 1.29 is 9.53 Å². The molecule has 1 aromatic rings. The number of carbonyl (C=O) groups is 1. The number of amides is 1. The van der Waals surface area contributed by atoms with E-state index < -0.39 is 0 Å². The van der Waals surface area contributed by atoms with Crippen LogP contribution in [-0.2, 0) is 4.74 Å². The summed E-state index contributed by atoms with van der Waals surface area (Å²) in [6.45, 7) is 6.12. The maximum Gasteiger partial charge on any atom is 0.263 e. The van der Waals surface area contributed by atoms with Crippen LogP contribution < -0.4 is 16.4 Å². The average molecular weight is 306 g/mol. The van der Waals surface area contributed by atoms with Gasteiger partial charge in [0.2, 0.25) is 0 Å². The van der Waals surface area contributed by atoms with Gasteiger partial charge < -0.3 is 21.1 Å². The largest absolute Gasteiger partial charge is 0.396 e. The lowest BCUT2D eigenvalue weighted by molar-refractivity contribution is 0.0963. The first-order valence-corrected chi connectivity index (χ1v) is 7.52. The Labute approximate surface area is 127 Å². The molecule has 0 saturated carbocycles. The summed E-state index contributed by atoms with van der Waals surface area (Å²) >= 11 is 1.21. The summed E-state index contributed by atoms with van der Waals surface area (Å²) in [4.78, 5) is 12.3. The SMILES string of the molecule is C=CCNC(=O)c1sc(NCC2CCOC2)c(C#N)c1N. The average Bonchev–Trinajstić information content (AvgIpc) is 3.10. The number of anilines is 2. The fraction of sp³-hybridized carbons (Fsp3) is 0.429. The molecule has 21 heavy (non-hydrogen) atoms. The topological polar surface area (TPSA) is 100 Å². The molecular weight excluding hydrogens is 288 g/mol. The van der Waals surface area contributed by atoms with E-state index in [9.17, 15) is 10.1 Å². The first-order valence-electron chi connectivity index (χ1n) is 6.70. The lowest BCUT2D eigenvalue weighted by atomic mass is 10.1. The molecule has 1 atom stereocenters. The van der Waals surface area contributed by atoms with Crippen LogP contribution in [0, 0.1) is 17.2 Å². The maximum atomic E-state index is 12.0. The zero-order valence-electron chi connectivity index (χ0n) is 11.6. The Bertz CT molecular complexity index is 570. The van der Waals surface area contributed by atoms with Gasteiger partial charge >= 0.3 is 0 Å². The number of nitrogen functional groups attached to an aromatic ring is 1. The molecule has 1 fully saturated rings. The number of hydrogen-bond donors (Lipinski definition) is 3. The van der Waals surface area contributed by atoms with Crippen molar-refractivity contribution in [3.8, 4) is 6.07 Å². The van der Waals surface area contributed by atoms with Gasteiger partial charge in [-0.15, -0.1) is 17.9 Å². The minimum absolute atomic E-state index is 0.231. The number of nitrogens with two attached hydrogens (primary N) is 1. The molecule has 7 heteroatoms. The smallest absolute Gasteiger partial charge is 0.263 e. The van der Waals surface area contributed by atoms with E-state index in [1.807, 2.05) is 0 Å². The summed E-state index contributed by atoms with van der Waals surface area (Å²) in [7, 11) is 0. The van der Waals surface area contributed by atoms with E-state index in [1.165, 1.54) is 11.3 Å². The molecule has 2 rings (SSSR count). The van der Waals surface area contributed by atoms with Gasteiger partial charge in [0.15, 0.2) is 0 Å². The molecule has 1 aliphatic rings. The Kier molecular flexibility index (Phi) is 5.20. The summed E-state index contributed by atoms with van der Waals surface area (Å²) in [6.07, 6.45) is 2.59. The van der Waals surface area contributed by atoms with Crippen LogP contribution >= 0.6 is 11.3 Å². The van der Waals surface area contributed by atoms with Gasteiger partial charge in [-0.2, -0.15) is 5.26 Å². The highest BCUT2D eigenvalue weighted by molar-refractivity contribution is 7.18. The third-order valence-corrected chi connectivity index (χ3v) is 4.41. The number of nitriles is 1. The van der Waals surface area contributed by atoms with Crippen LogP contribution in [0.4, 0.5) is 10.7 Å². The van der Waals surface area contributed by atoms with Crippen molar-refractivity contribution in [3.05, 3.63) is 23.1 Å². The van der Waals surface area contributed by atoms with Crippen molar-refractivity contribution in [2.45, 2.75) is 6.42 Å². The van der Waals surface area contributed by atoms with Crippen LogP contribution in [0.5, 0.6) is 0 Å². The number of thiophene rings is 1. The summed E-state index contributed by atoms with van der Waals surface area (Å²) in [5.74, 6) is 0.143. The molecule has 0 aromatic carbocycles. The molecular formula is C14H18N4O2S. The van der Waals surface area contributed by atoms with Crippen LogP contribution in [-0.4, -0.2) is 32.2 Å². The third kappa shape index (κ3) is 3.54. The minimum Gasteiger partial charge on any atom is -0.396 e. The third-order valence-electron chi connectivity index (χ3n) is 3.25. The van der Waals surface area contributed by atoms with Crippen molar-refractivity contribution in [1.82, 2.24) is 5.32 Å². The highest BCUT2D eigenvalue weighted by Gasteiger charge is 2.22. The molecule has 0 radical (unpaired) electrons. The number of carbonyl (C=O) groups excluding carboxylic acids is 1. The van der Waals surface area contributed by atoms with Crippen molar-refractivity contribution in [2.75, 3.05) is 37.4 Å². The van der Waals surface area contributed by atoms with Gasteiger partial charge in [0.05, 0.1) is 12.3 Å².